The Bertz CT molecular complexity index is 1210. The number of fused-ring (bicyclic) bond motifs is 1. The molecule has 3 N–H and O–H groups in total. The number of nitrogens with zero attached hydrogens (tertiary/aromatic N) is 3. The summed E-state index contributed by atoms with van der Waals surface area (Å²) in [5, 5.41) is 10.8. The second kappa shape index (κ2) is 7.81. The van der Waals surface area contributed by atoms with E-state index in [-0.39, 0.29) is 18.9 Å². The summed E-state index contributed by atoms with van der Waals surface area (Å²) in [6.07, 6.45) is 2.44. The van der Waals surface area contributed by atoms with E-state index in [1.54, 1.807) is 11.8 Å². The molecule has 2 aromatic heterocycles. The van der Waals surface area contributed by atoms with Gasteiger partial charge in [0.1, 0.15) is 5.82 Å². The van der Waals surface area contributed by atoms with Gasteiger partial charge in [-0.05, 0) is 50.5 Å². The van der Waals surface area contributed by atoms with Gasteiger partial charge < -0.3 is 15.0 Å². The summed E-state index contributed by atoms with van der Waals surface area (Å²) in [4.78, 5) is 48.2. The van der Waals surface area contributed by atoms with Gasteiger partial charge in [0.25, 0.3) is 5.56 Å². The number of aliphatic hydroxyl groups is 1. The highest BCUT2D eigenvalue weighted by molar-refractivity contribution is 5.78. The zero-order valence-electron chi connectivity index (χ0n) is 17.9. The molecule has 0 saturated carbocycles. The number of imidazole rings is 1. The molecular weight excluding hydrogens is 398 g/mol. The van der Waals surface area contributed by atoms with Gasteiger partial charge in [0, 0.05) is 38.2 Å². The monoisotopic (exact) mass is 425 g/mol. The molecule has 0 aliphatic carbocycles. The number of hydrogen-bond acceptors (Lipinski definition) is 5. The van der Waals surface area contributed by atoms with Crippen molar-refractivity contribution in [2.45, 2.75) is 51.7 Å². The molecular formula is C22H27N5O4. The maximum atomic E-state index is 12.9. The van der Waals surface area contributed by atoms with Gasteiger partial charge in [-0.15, -0.1) is 0 Å². The molecule has 0 unspecified atom stereocenters. The van der Waals surface area contributed by atoms with E-state index in [9.17, 15) is 19.5 Å². The van der Waals surface area contributed by atoms with Crippen molar-refractivity contribution in [3.63, 3.8) is 0 Å². The Balaban J connectivity index is 1.47. The third-order valence-electron chi connectivity index (χ3n) is 6.26. The fourth-order valence-electron chi connectivity index (χ4n) is 4.14. The summed E-state index contributed by atoms with van der Waals surface area (Å²) in [6, 6.07) is 4.68. The molecule has 0 spiro atoms. The Labute approximate surface area is 178 Å². The number of H-pyrrole nitrogens is 2. The molecule has 1 amide bonds. The van der Waals surface area contributed by atoms with Crippen LogP contribution < -0.4 is 11.2 Å². The van der Waals surface area contributed by atoms with Gasteiger partial charge in [-0.2, -0.15) is 0 Å². The van der Waals surface area contributed by atoms with Crippen molar-refractivity contribution in [2.24, 2.45) is 0 Å². The number of benzene rings is 1. The maximum Gasteiger partial charge on any atom is 0.328 e. The van der Waals surface area contributed by atoms with Gasteiger partial charge in [-0.3, -0.25) is 19.1 Å². The molecule has 0 radical (unpaired) electrons. The number of nitrogens with one attached hydrogen (secondary N) is 2. The number of aromatic nitrogens is 4. The lowest BCUT2D eigenvalue weighted by Crippen LogP contribution is -2.55. The number of likely N-dealkylation sites (tertiary alicyclic amines) is 1. The Morgan fingerprint density at radius 3 is 2.74 bits per heavy atom. The number of aryl methyl sites for hydroxylation is 3. The number of rotatable bonds is 4. The van der Waals surface area contributed by atoms with Crippen molar-refractivity contribution in [3.8, 4) is 0 Å². The van der Waals surface area contributed by atoms with Crippen LogP contribution in [0.3, 0.4) is 0 Å². The normalized spacial score (nSPS) is 21.5. The number of piperidine rings is 1. The molecule has 9 heteroatoms. The Kier molecular flexibility index (Phi) is 5.30. The summed E-state index contributed by atoms with van der Waals surface area (Å²) in [6.45, 7) is 6.33. The third-order valence-corrected chi connectivity index (χ3v) is 6.26. The lowest BCUT2D eigenvalue weighted by molar-refractivity contribution is -0.138. The summed E-state index contributed by atoms with van der Waals surface area (Å²) < 4.78 is 1.30. The first kappa shape index (κ1) is 21.0. The predicted octanol–water partition coefficient (Wildman–Crippen LogP) is 1.19. The number of hydrogen-bond donors (Lipinski definition) is 3. The smallest absolute Gasteiger partial charge is 0.328 e. The van der Waals surface area contributed by atoms with E-state index in [0.29, 0.717) is 19.4 Å². The molecule has 1 aromatic carbocycles. The van der Waals surface area contributed by atoms with Crippen molar-refractivity contribution < 1.29 is 9.90 Å². The fourth-order valence-corrected chi connectivity index (χ4v) is 4.14. The second-order valence-electron chi connectivity index (χ2n) is 8.62. The van der Waals surface area contributed by atoms with Crippen LogP contribution in [0.1, 0.15) is 42.8 Å². The van der Waals surface area contributed by atoms with Crippen molar-refractivity contribution in [3.05, 3.63) is 62.2 Å². The summed E-state index contributed by atoms with van der Waals surface area (Å²) in [7, 11) is 0. The molecule has 9 nitrogen and oxygen atoms in total. The summed E-state index contributed by atoms with van der Waals surface area (Å²) in [5.41, 5.74) is 1.93. The zero-order chi connectivity index (χ0) is 22.3. The maximum absolute atomic E-state index is 12.9. The Morgan fingerprint density at radius 1 is 1.26 bits per heavy atom. The van der Waals surface area contributed by atoms with Crippen molar-refractivity contribution in [1.82, 2.24) is 24.4 Å². The van der Waals surface area contributed by atoms with Crippen molar-refractivity contribution in [1.29, 1.82) is 0 Å². The minimum absolute atomic E-state index is 0.0641. The average molecular weight is 425 g/mol. The minimum Gasteiger partial charge on any atom is -0.388 e. The predicted molar refractivity (Wildman–Crippen MR) is 116 cm³/mol. The van der Waals surface area contributed by atoms with Crippen LogP contribution >= 0.6 is 0 Å². The van der Waals surface area contributed by atoms with E-state index in [4.69, 9.17) is 0 Å². The van der Waals surface area contributed by atoms with Gasteiger partial charge in [0.2, 0.25) is 5.91 Å². The van der Waals surface area contributed by atoms with Crippen LogP contribution in [0.25, 0.3) is 11.0 Å². The van der Waals surface area contributed by atoms with E-state index in [2.05, 4.69) is 21.0 Å². The standard InChI is InChI=1S/C22H27N5O4/c1-13-10-15-16(11-14(13)2)24-18(23-15)4-5-20(29)26-9-7-22(3,31)17(12-26)27-8-6-19(28)25-21(27)30/h6,8,10-11,17,31H,4-5,7,9,12H2,1-3H3,(H,23,24)(H,25,28,30)/t17-,22-/m1/s1. The number of amides is 1. The Morgan fingerprint density at radius 2 is 2.00 bits per heavy atom. The zero-order valence-corrected chi connectivity index (χ0v) is 17.9. The van der Waals surface area contributed by atoms with Gasteiger partial charge in [0.05, 0.1) is 22.7 Å². The molecule has 3 aromatic rings. The molecule has 4 rings (SSSR count). The van der Waals surface area contributed by atoms with E-state index in [1.165, 1.54) is 28.0 Å². The van der Waals surface area contributed by atoms with Crippen molar-refractivity contribution in [2.75, 3.05) is 13.1 Å². The first-order valence-electron chi connectivity index (χ1n) is 10.4. The molecule has 164 valence electrons. The van der Waals surface area contributed by atoms with Crippen LogP contribution in [0.5, 0.6) is 0 Å². The second-order valence-corrected chi connectivity index (χ2v) is 8.62. The summed E-state index contributed by atoms with van der Waals surface area (Å²) in [5.74, 6) is 0.691. The minimum atomic E-state index is -1.17. The van der Waals surface area contributed by atoms with Crippen molar-refractivity contribution >= 4 is 16.9 Å². The van der Waals surface area contributed by atoms with Gasteiger partial charge in [0.15, 0.2) is 0 Å². The first-order valence-corrected chi connectivity index (χ1v) is 10.4. The molecule has 1 fully saturated rings. The van der Waals surface area contributed by atoms with E-state index >= 15 is 0 Å². The molecule has 1 aliphatic heterocycles. The quantitative estimate of drug-likeness (QED) is 0.579. The molecule has 1 saturated heterocycles. The lowest BCUT2D eigenvalue weighted by atomic mass is 9.88. The molecule has 2 atom stereocenters. The topological polar surface area (TPSA) is 124 Å². The van der Waals surface area contributed by atoms with E-state index in [0.717, 1.165) is 16.9 Å². The number of carbonyl (C=O) groups is 1. The fraction of sp³-hybridized carbons (Fsp3) is 0.455. The van der Waals surface area contributed by atoms with Crippen LogP contribution in [0.15, 0.2) is 34.0 Å². The van der Waals surface area contributed by atoms with Crippen LogP contribution in [-0.2, 0) is 11.2 Å². The first-order chi connectivity index (χ1) is 14.6. The third kappa shape index (κ3) is 4.18. The SMILES string of the molecule is Cc1cc2nc(CCC(=O)N3CC[C@@](C)(O)[C@H](n4ccc(=O)[nH]c4=O)C3)[nH]c2cc1C. The van der Waals surface area contributed by atoms with E-state index in [1.807, 2.05) is 19.9 Å². The molecule has 3 heterocycles. The Hall–Kier alpha value is -3.20. The van der Waals surface area contributed by atoms with Crippen LogP contribution in [0, 0.1) is 13.8 Å². The van der Waals surface area contributed by atoms with Crippen LogP contribution in [0.2, 0.25) is 0 Å². The van der Waals surface area contributed by atoms with Crippen LogP contribution in [0.4, 0.5) is 0 Å². The average Bonchev–Trinajstić information content (AvgIpc) is 3.08. The lowest BCUT2D eigenvalue weighted by Gasteiger charge is -2.43. The highest BCUT2D eigenvalue weighted by Crippen LogP contribution is 2.31. The van der Waals surface area contributed by atoms with Crippen LogP contribution in [-0.4, -0.2) is 54.1 Å². The molecule has 1 aliphatic rings. The largest absolute Gasteiger partial charge is 0.388 e. The summed E-state index contributed by atoms with van der Waals surface area (Å²) >= 11 is 0. The highest BCUT2D eigenvalue weighted by Gasteiger charge is 2.40. The molecule has 31 heavy (non-hydrogen) atoms. The van der Waals surface area contributed by atoms with Gasteiger partial charge in [-0.25, -0.2) is 9.78 Å². The van der Waals surface area contributed by atoms with Gasteiger partial charge in [-0.1, -0.05) is 0 Å². The molecule has 0 bridgehead atoms. The highest BCUT2D eigenvalue weighted by atomic mass is 16.3. The van der Waals surface area contributed by atoms with Gasteiger partial charge >= 0.3 is 5.69 Å². The number of carbonyl (C=O) groups excluding carboxylic acids is 1. The number of aromatic amines is 2. The van der Waals surface area contributed by atoms with E-state index < -0.39 is 22.9 Å².